The van der Waals surface area contributed by atoms with Gasteiger partial charge in [-0.05, 0) is 30.7 Å². The number of hydrogen-bond acceptors (Lipinski definition) is 4. The SMILES string of the molecule is CCCN(CCO)S(=O)(=O)c1ccc(CNCC)cc1. The third-order valence-corrected chi connectivity index (χ3v) is 4.88. The number of nitrogens with one attached hydrogen (secondary N) is 1. The van der Waals surface area contributed by atoms with E-state index in [0.717, 1.165) is 25.1 Å². The fourth-order valence-electron chi connectivity index (χ4n) is 1.91. The Morgan fingerprint density at radius 1 is 1.15 bits per heavy atom. The molecule has 0 spiro atoms. The fourth-order valence-corrected chi connectivity index (χ4v) is 3.43. The lowest BCUT2D eigenvalue weighted by Gasteiger charge is -2.20. The van der Waals surface area contributed by atoms with Gasteiger partial charge in [0.05, 0.1) is 11.5 Å². The molecule has 0 saturated heterocycles. The Morgan fingerprint density at radius 3 is 2.30 bits per heavy atom. The van der Waals surface area contributed by atoms with Crippen LogP contribution in [0.4, 0.5) is 0 Å². The van der Waals surface area contributed by atoms with Crippen molar-refractivity contribution >= 4 is 10.0 Å². The smallest absolute Gasteiger partial charge is 0.243 e. The summed E-state index contributed by atoms with van der Waals surface area (Å²) in [5.74, 6) is 0. The van der Waals surface area contributed by atoms with Gasteiger partial charge in [-0.1, -0.05) is 26.0 Å². The van der Waals surface area contributed by atoms with E-state index >= 15 is 0 Å². The number of nitrogens with zero attached hydrogens (tertiary/aromatic N) is 1. The normalized spacial score (nSPS) is 12.0. The van der Waals surface area contributed by atoms with Crippen LogP contribution < -0.4 is 5.32 Å². The topological polar surface area (TPSA) is 69.6 Å². The summed E-state index contributed by atoms with van der Waals surface area (Å²) in [5.41, 5.74) is 1.05. The summed E-state index contributed by atoms with van der Waals surface area (Å²) in [7, 11) is -3.51. The van der Waals surface area contributed by atoms with Crippen LogP contribution in [0.15, 0.2) is 29.2 Å². The molecule has 0 heterocycles. The Balaban J connectivity index is 2.90. The van der Waals surface area contributed by atoms with Crippen LogP contribution in [0.3, 0.4) is 0 Å². The molecule has 0 aliphatic rings. The van der Waals surface area contributed by atoms with Gasteiger partial charge in [0.2, 0.25) is 10.0 Å². The fraction of sp³-hybridized carbons (Fsp3) is 0.571. The average molecular weight is 300 g/mol. The number of rotatable bonds is 9. The lowest BCUT2D eigenvalue weighted by molar-refractivity contribution is 0.253. The second kappa shape index (κ2) is 8.36. The summed E-state index contributed by atoms with van der Waals surface area (Å²) in [6, 6.07) is 6.89. The van der Waals surface area contributed by atoms with Crippen molar-refractivity contribution in [3.63, 3.8) is 0 Å². The minimum Gasteiger partial charge on any atom is -0.395 e. The molecule has 1 aromatic rings. The van der Waals surface area contributed by atoms with Gasteiger partial charge < -0.3 is 10.4 Å². The van der Waals surface area contributed by atoms with Crippen LogP contribution in [-0.4, -0.2) is 44.1 Å². The number of aliphatic hydroxyl groups is 1. The van der Waals surface area contributed by atoms with Crippen molar-refractivity contribution in [1.82, 2.24) is 9.62 Å². The van der Waals surface area contributed by atoms with Gasteiger partial charge >= 0.3 is 0 Å². The number of sulfonamides is 1. The van der Waals surface area contributed by atoms with Crippen molar-refractivity contribution in [3.8, 4) is 0 Å². The molecule has 0 bridgehead atoms. The van der Waals surface area contributed by atoms with Gasteiger partial charge in [-0.3, -0.25) is 0 Å². The molecule has 0 aromatic heterocycles. The second-order valence-corrected chi connectivity index (χ2v) is 6.49. The molecule has 6 heteroatoms. The zero-order valence-corrected chi connectivity index (χ0v) is 13.0. The van der Waals surface area contributed by atoms with Gasteiger partial charge in [0.1, 0.15) is 0 Å². The molecule has 2 N–H and O–H groups in total. The van der Waals surface area contributed by atoms with Gasteiger partial charge in [-0.25, -0.2) is 8.42 Å². The van der Waals surface area contributed by atoms with E-state index in [4.69, 9.17) is 5.11 Å². The monoisotopic (exact) mass is 300 g/mol. The minimum atomic E-state index is -3.51. The Labute approximate surface area is 121 Å². The highest BCUT2D eigenvalue weighted by Gasteiger charge is 2.22. The maximum Gasteiger partial charge on any atom is 0.243 e. The molecule has 0 saturated carbocycles. The number of aliphatic hydroxyl groups excluding tert-OH is 1. The third kappa shape index (κ3) is 4.56. The molecule has 114 valence electrons. The van der Waals surface area contributed by atoms with E-state index in [0.29, 0.717) is 6.54 Å². The van der Waals surface area contributed by atoms with Crippen LogP contribution in [0, 0.1) is 0 Å². The Morgan fingerprint density at radius 2 is 1.80 bits per heavy atom. The maximum atomic E-state index is 12.4. The third-order valence-electron chi connectivity index (χ3n) is 2.96. The lowest BCUT2D eigenvalue weighted by atomic mass is 10.2. The second-order valence-electron chi connectivity index (χ2n) is 4.55. The van der Waals surface area contributed by atoms with E-state index in [1.165, 1.54) is 4.31 Å². The minimum absolute atomic E-state index is 0.134. The van der Waals surface area contributed by atoms with Crippen molar-refractivity contribution in [2.24, 2.45) is 0 Å². The zero-order valence-electron chi connectivity index (χ0n) is 12.2. The molecule has 0 aliphatic heterocycles. The van der Waals surface area contributed by atoms with Crippen molar-refractivity contribution < 1.29 is 13.5 Å². The summed E-state index contributed by atoms with van der Waals surface area (Å²) in [6.07, 6.45) is 0.720. The van der Waals surface area contributed by atoms with E-state index in [-0.39, 0.29) is 18.0 Å². The van der Waals surface area contributed by atoms with Gasteiger partial charge in [-0.15, -0.1) is 0 Å². The predicted molar refractivity (Wildman–Crippen MR) is 80.0 cm³/mol. The molecule has 0 amide bonds. The molecule has 0 fully saturated rings. The standard InChI is InChI=1S/C14H24N2O3S/c1-3-9-16(10-11-17)20(18,19)14-7-5-13(6-8-14)12-15-4-2/h5-8,15,17H,3-4,9-12H2,1-2H3. The molecular formula is C14H24N2O3S. The first-order valence-corrected chi connectivity index (χ1v) is 8.41. The van der Waals surface area contributed by atoms with Gasteiger partial charge in [0.25, 0.3) is 0 Å². The van der Waals surface area contributed by atoms with Gasteiger partial charge in [0, 0.05) is 19.6 Å². The Hall–Kier alpha value is -0.950. The summed E-state index contributed by atoms with van der Waals surface area (Å²) in [6.45, 7) is 5.93. The van der Waals surface area contributed by atoms with Crippen molar-refractivity contribution in [3.05, 3.63) is 29.8 Å². The highest BCUT2D eigenvalue weighted by atomic mass is 32.2. The zero-order chi connectivity index (χ0) is 15.0. The molecule has 20 heavy (non-hydrogen) atoms. The summed E-state index contributed by atoms with van der Waals surface area (Å²) >= 11 is 0. The van der Waals surface area contributed by atoms with Crippen LogP contribution >= 0.6 is 0 Å². The first-order valence-electron chi connectivity index (χ1n) is 6.96. The molecule has 0 unspecified atom stereocenters. The Bertz CT molecular complexity index is 480. The van der Waals surface area contributed by atoms with Gasteiger partial charge in [-0.2, -0.15) is 4.31 Å². The van der Waals surface area contributed by atoms with E-state index in [1.807, 2.05) is 26.0 Å². The summed E-state index contributed by atoms with van der Waals surface area (Å²) < 4.78 is 26.2. The summed E-state index contributed by atoms with van der Waals surface area (Å²) in [5, 5.41) is 12.2. The quantitative estimate of drug-likeness (QED) is 0.719. The predicted octanol–water partition coefficient (Wildman–Crippen LogP) is 1.19. The van der Waals surface area contributed by atoms with E-state index in [9.17, 15) is 8.42 Å². The Kier molecular flexibility index (Phi) is 7.15. The van der Waals surface area contributed by atoms with Crippen molar-refractivity contribution in [2.75, 3.05) is 26.2 Å². The van der Waals surface area contributed by atoms with E-state index in [1.54, 1.807) is 12.1 Å². The lowest BCUT2D eigenvalue weighted by Crippen LogP contribution is -2.34. The molecule has 0 radical (unpaired) electrons. The molecule has 1 rings (SSSR count). The summed E-state index contributed by atoms with van der Waals surface area (Å²) in [4.78, 5) is 0.277. The first-order chi connectivity index (χ1) is 9.56. The number of benzene rings is 1. The molecule has 0 aliphatic carbocycles. The van der Waals surface area contributed by atoms with Gasteiger partial charge in [0.15, 0.2) is 0 Å². The van der Waals surface area contributed by atoms with Crippen molar-refractivity contribution in [2.45, 2.75) is 31.7 Å². The number of hydrogen-bond donors (Lipinski definition) is 2. The van der Waals surface area contributed by atoms with Crippen molar-refractivity contribution in [1.29, 1.82) is 0 Å². The molecule has 5 nitrogen and oxygen atoms in total. The van der Waals surface area contributed by atoms with Crippen LogP contribution in [0.1, 0.15) is 25.8 Å². The largest absolute Gasteiger partial charge is 0.395 e. The van der Waals surface area contributed by atoms with Crippen LogP contribution in [0.5, 0.6) is 0 Å². The first kappa shape index (κ1) is 17.1. The van der Waals surface area contributed by atoms with E-state index in [2.05, 4.69) is 5.32 Å². The highest BCUT2D eigenvalue weighted by Crippen LogP contribution is 2.16. The molecule has 0 atom stereocenters. The maximum absolute atomic E-state index is 12.4. The van der Waals surface area contributed by atoms with Crippen LogP contribution in [-0.2, 0) is 16.6 Å². The van der Waals surface area contributed by atoms with Crippen LogP contribution in [0.25, 0.3) is 0 Å². The van der Waals surface area contributed by atoms with E-state index < -0.39 is 10.0 Å². The molecular weight excluding hydrogens is 276 g/mol. The average Bonchev–Trinajstić information content (AvgIpc) is 2.45. The van der Waals surface area contributed by atoms with Crippen LogP contribution in [0.2, 0.25) is 0 Å². The molecule has 1 aromatic carbocycles. The highest BCUT2D eigenvalue weighted by molar-refractivity contribution is 7.89.